The summed E-state index contributed by atoms with van der Waals surface area (Å²) in [7, 11) is 0. The Balaban J connectivity index is 1.98. The molecule has 0 heterocycles. The molecule has 1 N–H and O–H groups in total. The van der Waals surface area contributed by atoms with Crippen molar-refractivity contribution in [3.8, 4) is 0 Å². The van der Waals surface area contributed by atoms with Crippen LogP contribution < -0.4 is 15.8 Å². The molecule has 0 aliphatic rings. The number of rotatable bonds is 5. The van der Waals surface area contributed by atoms with Gasteiger partial charge in [-0.25, -0.2) is 9.59 Å². The van der Waals surface area contributed by atoms with E-state index in [0.29, 0.717) is 18.4 Å². The van der Waals surface area contributed by atoms with Crippen molar-refractivity contribution in [3.05, 3.63) is 70.1 Å². The Kier molecular flexibility index (Phi) is 5.44. The van der Waals surface area contributed by atoms with E-state index in [1.54, 1.807) is 24.0 Å². The lowest BCUT2D eigenvalue weighted by molar-refractivity contribution is -0.121. The Morgan fingerprint density at radius 2 is 1.73 bits per heavy atom. The zero-order valence-electron chi connectivity index (χ0n) is 12.0. The second kappa shape index (κ2) is 7.75. The fraction of sp³-hybridized carbons (Fsp3) is 0.167. The van der Waals surface area contributed by atoms with Crippen LogP contribution in [0.5, 0.6) is 0 Å². The summed E-state index contributed by atoms with van der Waals surface area (Å²) in [5.74, 6) is 3.32. The lowest BCUT2D eigenvalue weighted by atomic mass is 10.1. The Labute approximate surface area is 127 Å². The quantitative estimate of drug-likeness (QED) is 0.840. The van der Waals surface area contributed by atoms with E-state index in [-0.39, 0.29) is 22.9 Å². The molecule has 2 rings (SSSR count). The van der Waals surface area contributed by atoms with Gasteiger partial charge in [-0.2, -0.15) is 0 Å². The van der Waals surface area contributed by atoms with Crippen molar-refractivity contribution in [2.75, 3.05) is 0 Å². The molecular weight excluding hydrogens is 278 g/mol. The first-order valence-corrected chi connectivity index (χ1v) is 6.93. The van der Waals surface area contributed by atoms with Gasteiger partial charge in [0.05, 0.1) is 10.4 Å². The molecule has 0 aromatic heterocycles. The van der Waals surface area contributed by atoms with Gasteiger partial charge in [0.25, 0.3) is 0 Å². The van der Waals surface area contributed by atoms with Gasteiger partial charge in [0.15, 0.2) is 0 Å². The molecule has 0 atom stereocenters. The van der Waals surface area contributed by atoms with Gasteiger partial charge in [0.1, 0.15) is 11.9 Å². The number of carbonyl (C=O) groups excluding carboxylic acids is 3. The van der Waals surface area contributed by atoms with E-state index in [4.69, 9.17) is 0 Å². The van der Waals surface area contributed by atoms with E-state index in [1.165, 1.54) is 6.07 Å². The molecule has 0 radical (unpaired) electrons. The van der Waals surface area contributed by atoms with Crippen molar-refractivity contribution in [1.29, 1.82) is 0 Å². The first kappa shape index (κ1) is 15.5. The molecule has 2 aromatic carbocycles. The molecular formula is C18H15NO3. The molecule has 0 spiro atoms. The fourth-order valence-corrected chi connectivity index (χ4v) is 2.14. The highest BCUT2D eigenvalue weighted by Crippen LogP contribution is 2.02. The van der Waals surface area contributed by atoms with Gasteiger partial charge in [-0.15, -0.1) is 0 Å². The number of nitrogens with one attached hydrogen (secondary N) is 1. The third-order valence-electron chi connectivity index (χ3n) is 3.32. The fourth-order valence-electron chi connectivity index (χ4n) is 2.14. The lowest BCUT2D eigenvalue weighted by Gasteiger charge is -2.05. The first-order chi connectivity index (χ1) is 10.7. The van der Waals surface area contributed by atoms with E-state index in [0.717, 1.165) is 5.56 Å². The van der Waals surface area contributed by atoms with E-state index in [1.807, 2.05) is 30.3 Å². The zero-order valence-corrected chi connectivity index (χ0v) is 12.0. The number of aryl methyl sites for hydroxylation is 1. The van der Waals surface area contributed by atoms with Crippen molar-refractivity contribution in [1.82, 2.24) is 5.32 Å². The average molecular weight is 293 g/mol. The van der Waals surface area contributed by atoms with Crippen LogP contribution in [0, 0.1) is 0 Å². The van der Waals surface area contributed by atoms with E-state index < -0.39 is 0 Å². The van der Waals surface area contributed by atoms with Gasteiger partial charge in [-0.1, -0.05) is 42.5 Å². The number of amides is 1. The molecule has 0 bridgehead atoms. The van der Waals surface area contributed by atoms with E-state index in [2.05, 4.69) is 5.32 Å². The predicted octanol–water partition coefficient (Wildman–Crippen LogP) is -0.0580. The average Bonchev–Trinajstić information content (AvgIpc) is 2.58. The maximum absolute atomic E-state index is 11.9. The van der Waals surface area contributed by atoms with E-state index >= 15 is 0 Å². The smallest absolute Gasteiger partial charge is 0.220 e. The highest BCUT2D eigenvalue weighted by molar-refractivity contribution is 5.76. The van der Waals surface area contributed by atoms with Crippen LogP contribution in [-0.4, -0.2) is 17.8 Å². The van der Waals surface area contributed by atoms with Crippen LogP contribution in [0.3, 0.4) is 0 Å². The van der Waals surface area contributed by atoms with Gasteiger partial charge in [-0.05, 0) is 23.6 Å². The lowest BCUT2D eigenvalue weighted by Crippen LogP contribution is -2.34. The van der Waals surface area contributed by atoms with Crippen molar-refractivity contribution in [2.45, 2.75) is 19.4 Å². The summed E-state index contributed by atoms with van der Waals surface area (Å²) < 4.78 is 0. The number of benzene rings is 2. The summed E-state index contributed by atoms with van der Waals surface area (Å²) >= 11 is 0. The normalized spacial score (nSPS) is 9.64. The molecule has 110 valence electrons. The van der Waals surface area contributed by atoms with Gasteiger partial charge in [0, 0.05) is 13.0 Å². The number of carbonyl (C=O) groups is 1. The van der Waals surface area contributed by atoms with Gasteiger partial charge in [0.2, 0.25) is 5.91 Å². The van der Waals surface area contributed by atoms with E-state index in [9.17, 15) is 14.4 Å². The summed E-state index contributed by atoms with van der Waals surface area (Å²) in [6, 6.07) is 14.5. The standard InChI is InChI=1S/C18H15NO3/c20-12-16-8-4-7-15(17(16)13-21)11-19-18(22)10-9-14-5-2-1-3-6-14/h1-8H,9-11H2,(H,19,22). The van der Waals surface area contributed by atoms with Crippen molar-refractivity contribution < 1.29 is 14.4 Å². The number of hydrogen-bond acceptors (Lipinski definition) is 3. The molecule has 0 fully saturated rings. The number of hydrogen-bond donors (Lipinski definition) is 1. The van der Waals surface area contributed by atoms with Crippen LogP contribution >= 0.6 is 0 Å². The van der Waals surface area contributed by atoms with Crippen LogP contribution in [0.15, 0.2) is 48.5 Å². The van der Waals surface area contributed by atoms with Crippen LogP contribution in [0.25, 0.3) is 0 Å². The third-order valence-corrected chi connectivity index (χ3v) is 3.32. The van der Waals surface area contributed by atoms with Gasteiger partial charge < -0.3 is 5.32 Å². The Morgan fingerprint density at radius 3 is 2.41 bits per heavy atom. The minimum absolute atomic E-state index is 0.110. The second-order valence-corrected chi connectivity index (χ2v) is 4.81. The van der Waals surface area contributed by atoms with Crippen molar-refractivity contribution in [3.63, 3.8) is 0 Å². The zero-order chi connectivity index (χ0) is 15.8. The van der Waals surface area contributed by atoms with Crippen LogP contribution in [0.4, 0.5) is 0 Å². The summed E-state index contributed by atoms with van der Waals surface area (Å²) in [6.45, 7) is 0.188. The molecule has 0 saturated carbocycles. The van der Waals surface area contributed by atoms with Crippen molar-refractivity contribution >= 4 is 17.8 Å². The summed E-state index contributed by atoms with van der Waals surface area (Å²) in [6.07, 6.45) is 1.02. The first-order valence-electron chi connectivity index (χ1n) is 6.93. The van der Waals surface area contributed by atoms with Gasteiger partial charge >= 0.3 is 0 Å². The van der Waals surface area contributed by atoms with Crippen LogP contribution in [-0.2, 0) is 27.3 Å². The Morgan fingerprint density at radius 1 is 0.955 bits per heavy atom. The molecule has 1 amide bonds. The molecule has 4 heteroatoms. The largest absolute Gasteiger partial charge is 0.352 e. The summed E-state index contributed by atoms with van der Waals surface area (Å²) in [5.41, 5.74) is 1.65. The molecule has 2 aromatic rings. The highest BCUT2D eigenvalue weighted by Gasteiger charge is 2.04. The predicted molar refractivity (Wildman–Crippen MR) is 81.9 cm³/mol. The van der Waals surface area contributed by atoms with Crippen LogP contribution in [0.2, 0.25) is 0 Å². The van der Waals surface area contributed by atoms with Gasteiger partial charge in [-0.3, -0.25) is 4.79 Å². The topological polar surface area (TPSA) is 63.2 Å². The van der Waals surface area contributed by atoms with Crippen LogP contribution in [0.1, 0.15) is 17.5 Å². The monoisotopic (exact) mass is 293 g/mol. The molecule has 0 unspecified atom stereocenters. The molecule has 4 nitrogen and oxygen atoms in total. The Bertz CT molecular complexity index is 817. The SMILES string of the molecule is O=C=c1cccc(CNC(=O)CCc2ccccc2)c1=C=O. The minimum Gasteiger partial charge on any atom is -0.352 e. The maximum atomic E-state index is 11.9. The second-order valence-electron chi connectivity index (χ2n) is 4.81. The molecule has 22 heavy (non-hydrogen) atoms. The van der Waals surface area contributed by atoms with Crippen molar-refractivity contribution in [2.24, 2.45) is 0 Å². The molecule has 0 aliphatic heterocycles. The molecule has 0 saturated heterocycles. The third kappa shape index (κ3) is 4.03. The minimum atomic E-state index is -0.110. The summed E-state index contributed by atoms with van der Waals surface area (Å²) in [4.78, 5) is 33.5. The molecule has 0 aliphatic carbocycles. The maximum Gasteiger partial charge on any atom is 0.220 e. The highest BCUT2D eigenvalue weighted by atomic mass is 16.1. The summed E-state index contributed by atoms with van der Waals surface area (Å²) in [5, 5.41) is 3.06. The Hall–Kier alpha value is -2.93.